The Morgan fingerprint density at radius 2 is 1.72 bits per heavy atom. The second kappa shape index (κ2) is 8.22. The Bertz CT molecular complexity index is 1020. The Hall–Kier alpha value is -2.29. The van der Waals surface area contributed by atoms with Gasteiger partial charge in [-0.15, -0.1) is 5.73 Å². The van der Waals surface area contributed by atoms with Gasteiger partial charge < -0.3 is 5.11 Å². The summed E-state index contributed by atoms with van der Waals surface area (Å²) in [6.45, 7) is 0. The third kappa shape index (κ3) is 3.56. The molecule has 0 bridgehead atoms. The molecule has 3 aliphatic rings. The molecule has 0 spiro atoms. The number of fused-ring (bicyclic) bond motifs is 3. The fourth-order valence-corrected chi connectivity index (χ4v) is 5.85. The fraction of sp³-hybridized carbons (Fsp3) is 0.269. The molecule has 5 rings (SSSR count). The summed E-state index contributed by atoms with van der Waals surface area (Å²) in [7, 11) is 0. The van der Waals surface area contributed by atoms with Crippen molar-refractivity contribution in [3.8, 4) is 0 Å². The van der Waals surface area contributed by atoms with Crippen LogP contribution in [0.3, 0.4) is 0 Å². The van der Waals surface area contributed by atoms with Crippen LogP contribution < -0.4 is 4.72 Å². The number of aliphatic hydroxyl groups is 1. The lowest BCUT2D eigenvalue weighted by molar-refractivity contribution is 0.0393. The summed E-state index contributed by atoms with van der Waals surface area (Å²) in [5.74, 6) is 0.450. The highest BCUT2D eigenvalue weighted by Crippen LogP contribution is 2.52. The molecule has 1 saturated carbocycles. The molecule has 29 heavy (non-hydrogen) atoms. The number of hydrogen-bond acceptors (Lipinski definition) is 3. The van der Waals surface area contributed by atoms with Crippen molar-refractivity contribution < 1.29 is 5.11 Å². The van der Waals surface area contributed by atoms with Crippen LogP contribution in [0.2, 0.25) is 0 Å². The molecule has 0 amide bonds. The normalized spacial score (nSPS) is 27.6. The summed E-state index contributed by atoms with van der Waals surface area (Å²) in [4.78, 5) is 1.18. The molecule has 0 saturated heterocycles. The van der Waals surface area contributed by atoms with Gasteiger partial charge in [0.1, 0.15) is 0 Å². The predicted octanol–water partition coefficient (Wildman–Crippen LogP) is 5.65. The van der Waals surface area contributed by atoms with Crippen LogP contribution in [-0.4, -0.2) is 17.3 Å². The minimum atomic E-state index is -0.376. The van der Waals surface area contributed by atoms with Crippen LogP contribution in [0, 0.1) is 5.92 Å². The first kappa shape index (κ1) is 18.7. The van der Waals surface area contributed by atoms with E-state index in [-0.39, 0.29) is 24.0 Å². The highest BCUT2D eigenvalue weighted by Gasteiger charge is 2.43. The topological polar surface area (TPSA) is 32.3 Å². The molecule has 3 heteroatoms. The van der Waals surface area contributed by atoms with Gasteiger partial charge in [-0.1, -0.05) is 55.0 Å². The van der Waals surface area contributed by atoms with E-state index in [1.807, 2.05) is 30.4 Å². The Kier molecular flexibility index (Phi) is 5.30. The lowest BCUT2D eigenvalue weighted by atomic mass is 9.72. The maximum Gasteiger partial charge on any atom is 0.0739 e. The van der Waals surface area contributed by atoms with Gasteiger partial charge in [0, 0.05) is 16.9 Å². The van der Waals surface area contributed by atoms with Gasteiger partial charge in [-0.05, 0) is 83.3 Å². The van der Waals surface area contributed by atoms with Gasteiger partial charge in [0.2, 0.25) is 0 Å². The molecule has 0 aromatic heterocycles. The molecule has 0 aliphatic heterocycles. The molecule has 2 aromatic rings. The van der Waals surface area contributed by atoms with Crippen molar-refractivity contribution in [1.82, 2.24) is 4.72 Å². The van der Waals surface area contributed by atoms with Gasteiger partial charge in [-0.25, -0.2) is 0 Å². The van der Waals surface area contributed by atoms with Crippen LogP contribution in [0.25, 0.3) is 5.57 Å². The van der Waals surface area contributed by atoms with Gasteiger partial charge in [0.15, 0.2) is 0 Å². The smallest absolute Gasteiger partial charge is 0.0739 e. The van der Waals surface area contributed by atoms with Crippen molar-refractivity contribution in [2.45, 2.75) is 42.2 Å². The van der Waals surface area contributed by atoms with Crippen LogP contribution in [0.5, 0.6) is 0 Å². The van der Waals surface area contributed by atoms with E-state index in [0.717, 1.165) is 19.3 Å². The van der Waals surface area contributed by atoms with Gasteiger partial charge in [0.05, 0.1) is 6.10 Å². The molecule has 2 N–H and O–H groups in total. The number of hydrogen-bond donors (Lipinski definition) is 2. The lowest BCUT2D eigenvalue weighted by Gasteiger charge is -2.39. The second-order valence-electron chi connectivity index (χ2n) is 7.99. The molecule has 2 aromatic carbocycles. The molecule has 3 aliphatic carbocycles. The molecule has 146 valence electrons. The van der Waals surface area contributed by atoms with E-state index in [0.29, 0.717) is 0 Å². The molecule has 2 nitrogen and oxygen atoms in total. The van der Waals surface area contributed by atoms with E-state index in [9.17, 15) is 5.11 Å². The minimum Gasteiger partial charge on any atom is -0.391 e. The fourth-order valence-electron chi connectivity index (χ4n) is 5.01. The van der Waals surface area contributed by atoms with Crippen molar-refractivity contribution >= 4 is 17.5 Å². The minimum absolute atomic E-state index is 0.0965. The number of rotatable bonds is 4. The van der Waals surface area contributed by atoms with Gasteiger partial charge in [0.25, 0.3) is 0 Å². The van der Waals surface area contributed by atoms with Crippen LogP contribution in [0.4, 0.5) is 0 Å². The monoisotopic (exact) mass is 399 g/mol. The standard InChI is InChI=1S/C26H25NOS/c28-26-23(16-9-17-24(26)27-29-18-10-3-1-4-11-18)25-21-14-6-2-5-12-19(21)20-13-7-8-15-22(20)25/h1,3-8,10-15,23-28H,9,16-17H2. The van der Waals surface area contributed by atoms with E-state index in [1.165, 1.54) is 27.2 Å². The summed E-state index contributed by atoms with van der Waals surface area (Å²) in [6, 6.07) is 19.1. The van der Waals surface area contributed by atoms with Gasteiger partial charge in [-0.3, -0.25) is 4.72 Å². The Balaban J connectivity index is 1.42. The molecule has 4 atom stereocenters. The van der Waals surface area contributed by atoms with Crippen molar-refractivity contribution in [3.05, 3.63) is 101 Å². The largest absolute Gasteiger partial charge is 0.391 e. The van der Waals surface area contributed by atoms with Crippen molar-refractivity contribution in [2.24, 2.45) is 5.92 Å². The molecule has 0 heterocycles. The van der Waals surface area contributed by atoms with E-state index in [2.05, 4.69) is 59.0 Å². The lowest BCUT2D eigenvalue weighted by Crippen LogP contribution is -2.46. The maximum atomic E-state index is 11.4. The van der Waals surface area contributed by atoms with E-state index < -0.39 is 0 Å². The van der Waals surface area contributed by atoms with E-state index >= 15 is 0 Å². The van der Waals surface area contributed by atoms with Crippen molar-refractivity contribution in [1.29, 1.82) is 0 Å². The zero-order valence-electron chi connectivity index (χ0n) is 16.3. The van der Waals surface area contributed by atoms with E-state index in [1.54, 1.807) is 11.9 Å². The third-order valence-corrected chi connectivity index (χ3v) is 7.27. The Morgan fingerprint density at radius 1 is 0.931 bits per heavy atom. The quantitative estimate of drug-likeness (QED) is 0.515. The third-order valence-electron chi connectivity index (χ3n) is 6.34. The summed E-state index contributed by atoms with van der Waals surface area (Å²) in [5, 5.41) is 11.4. The van der Waals surface area contributed by atoms with Crippen LogP contribution >= 0.6 is 11.9 Å². The summed E-state index contributed by atoms with van der Waals surface area (Å²) in [6.07, 6.45) is 11.2. The van der Waals surface area contributed by atoms with E-state index in [4.69, 9.17) is 0 Å². The molecular formula is C26H25NOS. The predicted molar refractivity (Wildman–Crippen MR) is 120 cm³/mol. The van der Waals surface area contributed by atoms with Crippen LogP contribution in [0.15, 0.2) is 95.1 Å². The highest BCUT2D eigenvalue weighted by molar-refractivity contribution is 7.97. The number of allylic oxidation sites excluding steroid dienone is 5. The maximum absolute atomic E-state index is 11.4. The van der Waals surface area contributed by atoms with Crippen molar-refractivity contribution in [3.63, 3.8) is 0 Å². The van der Waals surface area contributed by atoms with Gasteiger partial charge in [-0.2, -0.15) is 0 Å². The molecule has 4 unspecified atom stereocenters. The molecule has 0 radical (unpaired) electrons. The summed E-state index contributed by atoms with van der Waals surface area (Å²) in [5.41, 5.74) is 8.48. The zero-order valence-corrected chi connectivity index (χ0v) is 17.1. The first-order valence-electron chi connectivity index (χ1n) is 10.4. The van der Waals surface area contributed by atoms with Crippen LogP contribution in [0.1, 0.15) is 36.3 Å². The second-order valence-corrected chi connectivity index (χ2v) is 8.90. The summed E-state index contributed by atoms with van der Waals surface area (Å²) < 4.78 is 3.56. The van der Waals surface area contributed by atoms with Gasteiger partial charge >= 0.3 is 0 Å². The first-order valence-corrected chi connectivity index (χ1v) is 11.2. The average Bonchev–Trinajstić information content (AvgIpc) is 2.90. The molecule has 1 fully saturated rings. The van der Waals surface area contributed by atoms with Crippen molar-refractivity contribution in [2.75, 3.05) is 0 Å². The number of aliphatic hydroxyl groups excluding tert-OH is 1. The highest BCUT2D eigenvalue weighted by atomic mass is 32.2. The number of benzene rings is 2. The Labute approximate surface area is 176 Å². The van der Waals surface area contributed by atoms with Crippen LogP contribution in [-0.2, 0) is 0 Å². The zero-order chi connectivity index (χ0) is 19.6. The Morgan fingerprint density at radius 3 is 2.62 bits per heavy atom. The molecular weight excluding hydrogens is 374 g/mol. The SMILES string of the molecule is OC1C(NSc2ccccc2)CCCC1C1C2=CC=C=CC=C2c2ccccc21. The number of nitrogens with one attached hydrogen (secondary N) is 1. The summed E-state index contributed by atoms with van der Waals surface area (Å²) >= 11 is 1.63. The first-order chi connectivity index (χ1) is 14.3. The average molecular weight is 400 g/mol.